The SMILES string of the molecule is COc1ccc(N2C(=O)[C@@H](N3C(=O)c4c(Cl)c(Cl)c(Cl)c(Cl)c4C3=O)[C@H]2c2ccc3c(c2)OCO3)cc1Cl. The maximum atomic E-state index is 13.7. The van der Waals surface area contributed by atoms with Gasteiger partial charge in [-0.2, -0.15) is 0 Å². The molecule has 3 amide bonds. The Bertz CT molecular complexity index is 1550. The van der Waals surface area contributed by atoms with Crippen molar-refractivity contribution >= 4 is 81.4 Å². The molecule has 0 spiro atoms. The summed E-state index contributed by atoms with van der Waals surface area (Å²) in [6.45, 7) is 0.0422. The number of anilines is 1. The molecule has 0 saturated carbocycles. The Kier molecular flexibility index (Phi) is 6.09. The molecule has 13 heteroatoms. The highest BCUT2D eigenvalue weighted by Gasteiger charge is 2.58. The highest BCUT2D eigenvalue weighted by atomic mass is 35.5. The second-order valence-electron chi connectivity index (χ2n) is 8.52. The Morgan fingerprint density at radius 2 is 1.39 bits per heavy atom. The number of amides is 3. The molecule has 38 heavy (non-hydrogen) atoms. The summed E-state index contributed by atoms with van der Waals surface area (Å²) in [5.74, 6) is -0.761. The molecule has 8 nitrogen and oxygen atoms in total. The summed E-state index contributed by atoms with van der Waals surface area (Å²) in [4.78, 5) is 43.1. The second kappa shape index (κ2) is 9.10. The molecule has 3 aliphatic rings. The highest BCUT2D eigenvalue weighted by molar-refractivity contribution is 6.55. The Balaban J connectivity index is 1.48. The maximum Gasteiger partial charge on any atom is 0.264 e. The highest BCUT2D eigenvalue weighted by Crippen LogP contribution is 2.50. The van der Waals surface area contributed by atoms with Crippen molar-refractivity contribution in [1.29, 1.82) is 0 Å². The summed E-state index contributed by atoms with van der Waals surface area (Å²) in [7, 11) is 1.47. The summed E-state index contributed by atoms with van der Waals surface area (Å²) in [5, 5.41) is -0.498. The number of β-lactam (4-membered cyclic amide) rings is 1. The largest absolute Gasteiger partial charge is 0.495 e. The minimum Gasteiger partial charge on any atom is -0.495 e. The van der Waals surface area contributed by atoms with Gasteiger partial charge in [0.25, 0.3) is 17.7 Å². The lowest BCUT2D eigenvalue weighted by atomic mass is 9.86. The van der Waals surface area contributed by atoms with Crippen molar-refractivity contribution in [2.24, 2.45) is 0 Å². The van der Waals surface area contributed by atoms with E-state index in [9.17, 15) is 14.4 Å². The predicted octanol–water partition coefficient (Wildman–Crippen LogP) is 6.44. The van der Waals surface area contributed by atoms with Crippen LogP contribution < -0.4 is 19.1 Å². The number of imide groups is 1. The number of carbonyl (C=O) groups excluding carboxylic acids is 3. The van der Waals surface area contributed by atoms with Crippen LogP contribution in [0.2, 0.25) is 25.1 Å². The monoisotopic (exact) mass is 612 g/mol. The molecule has 0 radical (unpaired) electrons. The molecular weight excluding hydrogens is 602 g/mol. The zero-order chi connectivity index (χ0) is 27.0. The standard InChI is InChI=1S/C25H13Cl5N2O6/c1-36-12-5-3-10(7-11(12)26)31-21(9-2-4-13-14(6-9)38-8-37-13)22(25(31)35)32-23(33)15-16(24(32)34)18(28)20(30)19(29)17(15)27/h2-7,21-22H,8H2,1H3/t21-,22+/m1/s1. The number of halogens is 5. The number of ether oxygens (including phenoxy) is 3. The van der Waals surface area contributed by atoms with Crippen molar-refractivity contribution in [2.45, 2.75) is 12.1 Å². The smallest absolute Gasteiger partial charge is 0.264 e. The molecule has 3 aromatic rings. The first-order valence-electron chi connectivity index (χ1n) is 11.0. The molecule has 194 valence electrons. The lowest BCUT2D eigenvalue weighted by Crippen LogP contribution is -2.67. The third kappa shape index (κ3) is 3.48. The summed E-state index contributed by atoms with van der Waals surface area (Å²) < 4.78 is 16.1. The lowest BCUT2D eigenvalue weighted by Gasteiger charge is -2.49. The third-order valence-electron chi connectivity index (χ3n) is 6.63. The second-order valence-corrected chi connectivity index (χ2v) is 10.4. The fourth-order valence-corrected chi connectivity index (χ4v) is 6.13. The normalized spacial score (nSPS) is 19.7. The molecule has 0 N–H and O–H groups in total. The Labute approximate surface area is 240 Å². The minimum atomic E-state index is -1.24. The molecular formula is C25H13Cl5N2O6. The fraction of sp³-hybridized carbons (Fsp3) is 0.160. The molecule has 3 aliphatic heterocycles. The average molecular weight is 615 g/mol. The number of rotatable bonds is 4. The first-order valence-corrected chi connectivity index (χ1v) is 12.8. The number of fused-ring (bicyclic) bond motifs is 2. The quantitative estimate of drug-likeness (QED) is 0.146. The van der Waals surface area contributed by atoms with Gasteiger partial charge in [-0.25, -0.2) is 0 Å². The number of carbonyl (C=O) groups is 3. The number of hydrogen-bond acceptors (Lipinski definition) is 6. The van der Waals surface area contributed by atoms with Crippen LogP contribution in [0.3, 0.4) is 0 Å². The zero-order valence-corrected chi connectivity index (χ0v) is 22.8. The van der Waals surface area contributed by atoms with Gasteiger partial charge >= 0.3 is 0 Å². The molecule has 0 bridgehead atoms. The average Bonchev–Trinajstić information content (AvgIpc) is 3.47. The zero-order valence-electron chi connectivity index (χ0n) is 19.1. The first-order chi connectivity index (χ1) is 18.1. The van der Waals surface area contributed by atoms with Gasteiger partial charge in [-0.3, -0.25) is 19.3 Å². The van der Waals surface area contributed by atoms with Crippen molar-refractivity contribution in [1.82, 2.24) is 4.90 Å². The fourth-order valence-electron chi connectivity index (χ4n) is 4.87. The van der Waals surface area contributed by atoms with E-state index in [0.29, 0.717) is 28.5 Å². The number of benzene rings is 3. The van der Waals surface area contributed by atoms with E-state index < -0.39 is 29.8 Å². The Morgan fingerprint density at radius 3 is 2.00 bits per heavy atom. The van der Waals surface area contributed by atoms with Crippen molar-refractivity contribution in [2.75, 3.05) is 18.8 Å². The van der Waals surface area contributed by atoms with Crippen molar-refractivity contribution in [3.8, 4) is 17.2 Å². The van der Waals surface area contributed by atoms with Gasteiger partial charge in [-0.1, -0.05) is 64.1 Å². The van der Waals surface area contributed by atoms with Crippen molar-refractivity contribution < 1.29 is 28.6 Å². The van der Waals surface area contributed by atoms with Crippen LogP contribution in [-0.4, -0.2) is 42.6 Å². The third-order valence-corrected chi connectivity index (χ3v) is 8.73. The van der Waals surface area contributed by atoms with Crippen LogP contribution in [0.1, 0.15) is 32.3 Å². The molecule has 6 rings (SSSR count). The summed E-state index contributed by atoms with van der Waals surface area (Å²) in [6, 6.07) is 7.87. The van der Waals surface area contributed by atoms with Gasteiger partial charge in [0, 0.05) is 5.69 Å². The number of hydrogen-bond donors (Lipinski definition) is 0. The van der Waals surface area contributed by atoms with E-state index in [4.69, 9.17) is 72.2 Å². The molecule has 3 heterocycles. The Hall–Kier alpha value is -2.88. The van der Waals surface area contributed by atoms with Crippen LogP contribution in [0, 0.1) is 0 Å². The maximum absolute atomic E-state index is 13.7. The predicted molar refractivity (Wildman–Crippen MR) is 142 cm³/mol. The van der Waals surface area contributed by atoms with E-state index in [1.165, 1.54) is 12.0 Å². The lowest BCUT2D eigenvalue weighted by molar-refractivity contribution is -0.130. The van der Waals surface area contributed by atoms with Gasteiger partial charge in [0.15, 0.2) is 11.5 Å². The van der Waals surface area contributed by atoms with Crippen LogP contribution in [0.4, 0.5) is 5.69 Å². The minimum absolute atomic E-state index is 0.0422. The molecule has 0 aliphatic carbocycles. The molecule has 0 unspecified atom stereocenters. The van der Waals surface area contributed by atoms with Crippen molar-refractivity contribution in [3.05, 3.63) is 78.2 Å². The van der Waals surface area contributed by atoms with E-state index in [1.54, 1.807) is 36.4 Å². The van der Waals surface area contributed by atoms with E-state index in [0.717, 1.165) is 4.90 Å². The van der Waals surface area contributed by atoms with Crippen molar-refractivity contribution in [3.63, 3.8) is 0 Å². The van der Waals surface area contributed by atoms with Gasteiger partial charge in [0.2, 0.25) is 6.79 Å². The van der Waals surface area contributed by atoms with E-state index in [-0.39, 0.29) is 43.0 Å². The topological polar surface area (TPSA) is 85.4 Å². The van der Waals surface area contributed by atoms with Crippen LogP contribution in [0.15, 0.2) is 36.4 Å². The van der Waals surface area contributed by atoms with Crippen LogP contribution in [-0.2, 0) is 4.79 Å². The van der Waals surface area contributed by atoms with Gasteiger partial charge in [0.05, 0.1) is 49.4 Å². The summed E-state index contributed by atoms with van der Waals surface area (Å²) in [6.07, 6.45) is 0. The molecule has 0 aromatic heterocycles. The molecule has 3 aromatic carbocycles. The Morgan fingerprint density at radius 1 is 0.763 bits per heavy atom. The van der Waals surface area contributed by atoms with Gasteiger partial charge in [-0.15, -0.1) is 0 Å². The summed E-state index contributed by atoms with van der Waals surface area (Å²) >= 11 is 31.2. The number of methoxy groups -OCH3 is 1. The van der Waals surface area contributed by atoms with E-state index in [1.807, 2.05) is 0 Å². The van der Waals surface area contributed by atoms with E-state index >= 15 is 0 Å². The molecule has 1 fully saturated rings. The number of nitrogens with zero attached hydrogens (tertiary/aromatic N) is 2. The van der Waals surface area contributed by atoms with Gasteiger partial charge < -0.3 is 19.1 Å². The van der Waals surface area contributed by atoms with Crippen LogP contribution in [0.5, 0.6) is 17.2 Å². The van der Waals surface area contributed by atoms with E-state index in [2.05, 4.69) is 0 Å². The summed E-state index contributed by atoms with van der Waals surface area (Å²) in [5.41, 5.74) is 0.590. The molecule has 2 atom stereocenters. The van der Waals surface area contributed by atoms with Gasteiger partial charge in [-0.05, 0) is 35.9 Å². The van der Waals surface area contributed by atoms with Gasteiger partial charge in [0.1, 0.15) is 11.8 Å². The molecule has 1 saturated heterocycles. The first kappa shape index (κ1) is 25.4. The van der Waals surface area contributed by atoms with Crippen LogP contribution in [0.25, 0.3) is 0 Å². The van der Waals surface area contributed by atoms with Crippen LogP contribution >= 0.6 is 58.0 Å².